The van der Waals surface area contributed by atoms with Crippen molar-refractivity contribution < 1.29 is 19.0 Å². The molecule has 3 atom stereocenters. The van der Waals surface area contributed by atoms with Gasteiger partial charge in [0.25, 0.3) is 0 Å². The molecule has 1 saturated heterocycles. The van der Waals surface area contributed by atoms with Gasteiger partial charge in [-0.2, -0.15) is 0 Å². The summed E-state index contributed by atoms with van der Waals surface area (Å²) in [6, 6.07) is 0. The number of hydrogen-bond acceptors (Lipinski definition) is 4. The first-order valence-electron chi connectivity index (χ1n) is 5.45. The van der Waals surface area contributed by atoms with Crippen LogP contribution in [0.1, 0.15) is 33.1 Å². The summed E-state index contributed by atoms with van der Waals surface area (Å²) in [6.45, 7) is 3.83. The van der Waals surface area contributed by atoms with Crippen molar-refractivity contribution in [2.75, 3.05) is 7.11 Å². The van der Waals surface area contributed by atoms with Crippen molar-refractivity contribution in [2.45, 2.75) is 51.1 Å². The van der Waals surface area contributed by atoms with Crippen LogP contribution in [0.5, 0.6) is 0 Å². The van der Waals surface area contributed by atoms with E-state index in [-0.39, 0.29) is 24.1 Å². The van der Waals surface area contributed by atoms with E-state index in [1.54, 1.807) is 0 Å². The average molecular weight is 214 g/mol. The number of methoxy groups -OCH3 is 1. The Hall–Kier alpha value is -0.610. The van der Waals surface area contributed by atoms with Gasteiger partial charge in [-0.15, -0.1) is 0 Å². The lowest BCUT2D eigenvalue weighted by molar-refractivity contribution is -0.151. The number of fused-ring (bicyclic) bond motifs is 1. The maximum Gasteiger partial charge on any atom is 0.308 e. The topological polar surface area (TPSA) is 44.8 Å². The summed E-state index contributed by atoms with van der Waals surface area (Å²) in [6.07, 6.45) is 2.65. The molecule has 2 aliphatic rings. The van der Waals surface area contributed by atoms with Crippen molar-refractivity contribution in [1.29, 1.82) is 0 Å². The predicted molar refractivity (Wildman–Crippen MR) is 53.2 cm³/mol. The standard InChI is InChI=1S/C11H18O4/c1-11(2)14-8-5-4-7(10(12)13-3)6-9(8)15-11/h7-9H,4-6H2,1-3H3. The third-order valence-electron chi connectivity index (χ3n) is 3.14. The molecule has 4 nitrogen and oxygen atoms in total. The Balaban J connectivity index is 1.98. The minimum atomic E-state index is -0.500. The Kier molecular flexibility index (Phi) is 2.73. The molecule has 3 unspecified atom stereocenters. The first-order valence-corrected chi connectivity index (χ1v) is 5.45. The van der Waals surface area contributed by atoms with E-state index in [0.29, 0.717) is 0 Å². The summed E-state index contributed by atoms with van der Waals surface area (Å²) in [5, 5.41) is 0. The summed E-state index contributed by atoms with van der Waals surface area (Å²) in [4.78, 5) is 11.4. The van der Waals surface area contributed by atoms with Crippen LogP contribution in [0.25, 0.3) is 0 Å². The molecule has 86 valence electrons. The Morgan fingerprint density at radius 3 is 2.60 bits per heavy atom. The SMILES string of the molecule is COC(=O)C1CCC2OC(C)(C)OC2C1. The molecule has 0 bridgehead atoms. The number of rotatable bonds is 1. The molecule has 0 N–H and O–H groups in total. The van der Waals surface area contributed by atoms with E-state index in [1.807, 2.05) is 13.8 Å². The van der Waals surface area contributed by atoms with Crippen LogP contribution in [0.4, 0.5) is 0 Å². The van der Waals surface area contributed by atoms with E-state index in [1.165, 1.54) is 7.11 Å². The highest BCUT2D eigenvalue weighted by Crippen LogP contribution is 2.39. The molecule has 0 spiro atoms. The van der Waals surface area contributed by atoms with E-state index < -0.39 is 5.79 Å². The van der Waals surface area contributed by atoms with E-state index >= 15 is 0 Å². The normalized spacial score (nSPS) is 38.5. The van der Waals surface area contributed by atoms with Gasteiger partial charge in [-0.25, -0.2) is 0 Å². The molecule has 0 radical (unpaired) electrons. The lowest BCUT2D eigenvalue weighted by atomic mass is 9.85. The maximum absolute atomic E-state index is 11.4. The number of carbonyl (C=O) groups is 1. The molecular weight excluding hydrogens is 196 g/mol. The third-order valence-corrected chi connectivity index (χ3v) is 3.14. The van der Waals surface area contributed by atoms with Crippen molar-refractivity contribution in [3.8, 4) is 0 Å². The zero-order chi connectivity index (χ0) is 11.1. The largest absolute Gasteiger partial charge is 0.469 e. The average Bonchev–Trinajstić information content (AvgIpc) is 2.49. The first kappa shape index (κ1) is 10.9. The van der Waals surface area contributed by atoms with Gasteiger partial charge < -0.3 is 14.2 Å². The lowest BCUT2D eigenvalue weighted by Gasteiger charge is -2.27. The number of hydrogen-bond donors (Lipinski definition) is 0. The smallest absolute Gasteiger partial charge is 0.308 e. The monoisotopic (exact) mass is 214 g/mol. The molecule has 2 rings (SSSR count). The van der Waals surface area contributed by atoms with E-state index in [2.05, 4.69) is 0 Å². The van der Waals surface area contributed by atoms with Crippen LogP contribution in [0.2, 0.25) is 0 Å². The van der Waals surface area contributed by atoms with Crippen LogP contribution in [0.3, 0.4) is 0 Å². The first-order chi connectivity index (χ1) is 7.02. The molecule has 0 aromatic carbocycles. The van der Waals surface area contributed by atoms with E-state index in [9.17, 15) is 4.79 Å². The fourth-order valence-corrected chi connectivity index (χ4v) is 2.50. The van der Waals surface area contributed by atoms with Crippen molar-refractivity contribution in [2.24, 2.45) is 5.92 Å². The second-order valence-corrected chi connectivity index (χ2v) is 4.75. The Morgan fingerprint density at radius 2 is 1.93 bits per heavy atom. The Morgan fingerprint density at radius 1 is 1.27 bits per heavy atom. The summed E-state index contributed by atoms with van der Waals surface area (Å²) in [5.74, 6) is -0.643. The lowest BCUT2D eigenvalue weighted by Crippen LogP contribution is -2.34. The van der Waals surface area contributed by atoms with Gasteiger partial charge in [0.15, 0.2) is 5.79 Å². The predicted octanol–water partition coefficient (Wildman–Crippen LogP) is 1.48. The van der Waals surface area contributed by atoms with Gasteiger partial charge in [-0.3, -0.25) is 4.79 Å². The molecule has 0 aromatic heterocycles. The summed E-state index contributed by atoms with van der Waals surface area (Å²) in [7, 11) is 1.43. The highest BCUT2D eigenvalue weighted by molar-refractivity contribution is 5.72. The Labute approximate surface area is 89.9 Å². The summed E-state index contributed by atoms with van der Waals surface area (Å²) < 4.78 is 16.2. The highest BCUT2D eigenvalue weighted by Gasteiger charge is 2.45. The molecule has 1 heterocycles. The van der Waals surface area contributed by atoms with Crippen LogP contribution in [0.15, 0.2) is 0 Å². The van der Waals surface area contributed by atoms with Crippen LogP contribution < -0.4 is 0 Å². The van der Waals surface area contributed by atoms with Gasteiger partial charge in [0.2, 0.25) is 0 Å². The molecule has 1 saturated carbocycles. The van der Waals surface area contributed by atoms with Crippen LogP contribution >= 0.6 is 0 Å². The molecular formula is C11H18O4. The fourth-order valence-electron chi connectivity index (χ4n) is 2.50. The van der Waals surface area contributed by atoms with Gasteiger partial charge in [0.05, 0.1) is 25.2 Å². The molecule has 2 fully saturated rings. The van der Waals surface area contributed by atoms with Crippen molar-refractivity contribution in [1.82, 2.24) is 0 Å². The van der Waals surface area contributed by atoms with E-state index in [0.717, 1.165) is 19.3 Å². The Bertz CT molecular complexity index is 261. The van der Waals surface area contributed by atoms with Gasteiger partial charge in [-0.05, 0) is 33.1 Å². The van der Waals surface area contributed by atoms with Crippen LogP contribution in [-0.4, -0.2) is 31.1 Å². The number of esters is 1. The zero-order valence-electron chi connectivity index (χ0n) is 9.49. The molecule has 1 aliphatic heterocycles. The van der Waals surface area contributed by atoms with Gasteiger partial charge in [0.1, 0.15) is 0 Å². The number of carbonyl (C=O) groups excluding carboxylic acids is 1. The minimum absolute atomic E-state index is 0.0197. The van der Waals surface area contributed by atoms with Crippen LogP contribution in [0, 0.1) is 5.92 Å². The molecule has 4 heteroatoms. The van der Waals surface area contributed by atoms with Gasteiger partial charge >= 0.3 is 5.97 Å². The molecule has 0 amide bonds. The molecule has 15 heavy (non-hydrogen) atoms. The van der Waals surface area contributed by atoms with Gasteiger partial charge in [-0.1, -0.05) is 0 Å². The highest BCUT2D eigenvalue weighted by atomic mass is 16.7. The second-order valence-electron chi connectivity index (χ2n) is 4.75. The van der Waals surface area contributed by atoms with Crippen LogP contribution in [-0.2, 0) is 19.0 Å². The number of ether oxygens (including phenoxy) is 3. The van der Waals surface area contributed by atoms with Crippen molar-refractivity contribution in [3.63, 3.8) is 0 Å². The minimum Gasteiger partial charge on any atom is -0.469 e. The molecule has 0 aromatic rings. The summed E-state index contributed by atoms with van der Waals surface area (Å²) >= 11 is 0. The maximum atomic E-state index is 11.4. The van der Waals surface area contributed by atoms with Crippen molar-refractivity contribution in [3.05, 3.63) is 0 Å². The van der Waals surface area contributed by atoms with Crippen molar-refractivity contribution >= 4 is 5.97 Å². The van der Waals surface area contributed by atoms with Gasteiger partial charge in [0, 0.05) is 0 Å². The zero-order valence-corrected chi connectivity index (χ0v) is 9.49. The quantitative estimate of drug-likeness (QED) is 0.620. The fraction of sp³-hybridized carbons (Fsp3) is 0.909. The molecule has 1 aliphatic carbocycles. The van der Waals surface area contributed by atoms with E-state index in [4.69, 9.17) is 14.2 Å². The second kappa shape index (κ2) is 3.76. The third kappa shape index (κ3) is 2.16. The summed E-state index contributed by atoms with van der Waals surface area (Å²) in [5.41, 5.74) is 0.